The van der Waals surface area contributed by atoms with Gasteiger partial charge in [0.05, 0.1) is 5.02 Å². The molecule has 0 unspecified atom stereocenters. The molecule has 0 radical (unpaired) electrons. The van der Waals surface area contributed by atoms with Crippen LogP contribution in [0.1, 0.15) is 48.9 Å². The number of rotatable bonds is 4. The van der Waals surface area contributed by atoms with Gasteiger partial charge in [-0.15, -0.1) is 0 Å². The molecule has 1 aliphatic rings. The van der Waals surface area contributed by atoms with Crippen molar-refractivity contribution in [3.8, 4) is 0 Å². The Morgan fingerprint density at radius 2 is 1.82 bits per heavy atom. The summed E-state index contributed by atoms with van der Waals surface area (Å²) in [5.41, 5.74) is 0.308. The molecule has 1 saturated carbocycles. The number of carbonyl (C=O) groups excluding carboxylic acids is 1. The van der Waals surface area contributed by atoms with E-state index in [1.165, 1.54) is 32.0 Å². The third-order valence-electron chi connectivity index (χ3n) is 3.94. The molecule has 0 saturated heterocycles. The number of nitrogens with one attached hydrogen (secondary N) is 2. The summed E-state index contributed by atoms with van der Waals surface area (Å²) >= 11 is 5.93. The molecular formula is C15H21ClN2O3S. The predicted octanol–water partition coefficient (Wildman–Crippen LogP) is 2.70. The van der Waals surface area contributed by atoms with Crippen LogP contribution in [0, 0.1) is 0 Å². The van der Waals surface area contributed by atoms with E-state index >= 15 is 0 Å². The topological polar surface area (TPSA) is 75.3 Å². The highest BCUT2D eigenvalue weighted by Crippen LogP contribution is 2.23. The summed E-state index contributed by atoms with van der Waals surface area (Å²) < 4.78 is 26.0. The van der Waals surface area contributed by atoms with E-state index in [1.807, 2.05) is 0 Å². The highest BCUT2D eigenvalue weighted by Gasteiger charge is 2.20. The average Bonchev–Trinajstić information content (AvgIpc) is 2.76. The first-order valence-electron chi connectivity index (χ1n) is 7.48. The Morgan fingerprint density at radius 3 is 2.41 bits per heavy atom. The van der Waals surface area contributed by atoms with Gasteiger partial charge < -0.3 is 5.32 Å². The first kappa shape index (κ1) is 17.2. The van der Waals surface area contributed by atoms with Crippen molar-refractivity contribution in [2.24, 2.45) is 0 Å². The zero-order chi connectivity index (χ0) is 16.2. The van der Waals surface area contributed by atoms with Crippen LogP contribution < -0.4 is 10.0 Å². The van der Waals surface area contributed by atoms with Crippen LogP contribution in [0.3, 0.4) is 0 Å². The fourth-order valence-electron chi connectivity index (χ4n) is 2.65. The molecule has 1 aliphatic carbocycles. The minimum absolute atomic E-state index is 0.0785. The quantitative estimate of drug-likeness (QED) is 0.824. The minimum Gasteiger partial charge on any atom is -0.349 e. The van der Waals surface area contributed by atoms with Gasteiger partial charge in [0.15, 0.2) is 0 Å². The fourth-order valence-corrected chi connectivity index (χ4v) is 3.90. The van der Waals surface area contributed by atoms with Gasteiger partial charge in [-0.3, -0.25) is 4.79 Å². The van der Waals surface area contributed by atoms with Gasteiger partial charge in [0, 0.05) is 11.6 Å². The third-order valence-corrected chi connectivity index (χ3v) is 5.84. The number of halogens is 1. The number of hydrogen-bond donors (Lipinski definition) is 2. The number of amides is 1. The molecule has 0 spiro atoms. The average molecular weight is 345 g/mol. The van der Waals surface area contributed by atoms with Gasteiger partial charge >= 0.3 is 0 Å². The maximum Gasteiger partial charge on any atom is 0.251 e. The van der Waals surface area contributed by atoms with Crippen LogP contribution in [0.25, 0.3) is 0 Å². The van der Waals surface area contributed by atoms with Gasteiger partial charge in [0.1, 0.15) is 4.90 Å². The van der Waals surface area contributed by atoms with E-state index < -0.39 is 10.0 Å². The van der Waals surface area contributed by atoms with Crippen LogP contribution in [-0.2, 0) is 10.0 Å². The number of hydrogen-bond acceptors (Lipinski definition) is 3. The van der Waals surface area contributed by atoms with Crippen molar-refractivity contribution in [1.82, 2.24) is 10.0 Å². The lowest BCUT2D eigenvalue weighted by atomic mass is 10.1. The van der Waals surface area contributed by atoms with Crippen LogP contribution in [0.15, 0.2) is 23.1 Å². The highest BCUT2D eigenvalue weighted by molar-refractivity contribution is 7.89. The van der Waals surface area contributed by atoms with E-state index in [4.69, 9.17) is 11.6 Å². The lowest BCUT2D eigenvalue weighted by Gasteiger charge is -2.16. The van der Waals surface area contributed by atoms with Crippen molar-refractivity contribution in [1.29, 1.82) is 0 Å². The molecule has 7 heteroatoms. The third kappa shape index (κ3) is 4.21. The van der Waals surface area contributed by atoms with Crippen LogP contribution in [0.2, 0.25) is 5.02 Å². The second kappa shape index (κ2) is 7.44. The van der Waals surface area contributed by atoms with E-state index in [-0.39, 0.29) is 21.9 Å². The number of benzene rings is 1. The summed E-state index contributed by atoms with van der Waals surface area (Å²) in [6.45, 7) is 0. The molecule has 122 valence electrons. The lowest BCUT2D eigenvalue weighted by molar-refractivity contribution is 0.0933. The Balaban J connectivity index is 2.18. The normalized spacial score (nSPS) is 17.0. The Morgan fingerprint density at radius 1 is 1.18 bits per heavy atom. The maximum absolute atomic E-state index is 12.3. The maximum atomic E-state index is 12.3. The molecule has 1 aromatic rings. The molecule has 1 aromatic carbocycles. The van der Waals surface area contributed by atoms with Crippen molar-refractivity contribution in [3.05, 3.63) is 28.8 Å². The largest absolute Gasteiger partial charge is 0.349 e. The minimum atomic E-state index is -3.69. The van der Waals surface area contributed by atoms with E-state index in [9.17, 15) is 13.2 Å². The van der Waals surface area contributed by atoms with Crippen LogP contribution >= 0.6 is 11.6 Å². The molecule has 0 aliphatic heterocycles. The Kier molecular flexibility index (Phi) is 5.83. The first-order chi connectivity index (χ1) is 10.4. The van der Waals surface area contributed by atoms with Crippen molar-refractivity contribution in [3.63, 3.8) is 0 Å². The predicted molar refractivity (Wildman–Crippen MR) is 86.7 cm³/mol. The van der Waals surface area contributed by atoms with E-state index in [2.05, 4.69) is 10.0 Å². The zero-order valence-corrected chi connectivity index (χ0v) is 14.1. The molecule has 5 nitrogen and oxygen atoms in total. The fraction of sp³-hybridized carbons (Fsp3) is 0.533. The molecule has 0 atom stereocenters. The molecule has 0 aromatic heterocycles. The van der Waals surface area contributed by atoms with Crippen LogP contribution in [-0.4, -0.2) is 27.4 Å². The van der Waals surface area contributed by atoms with Crippen molar-refractivity contribution < 1.29 is 13.2 Å². The van der Waals surface area contributed by atoms with Gasteiger partial charge in [0.25, 0.3) is 5.91 Å². The van der Waals surface area contributed by atoms with Gasteiger partial charge in [-0.1, -0.05) is 37.3 Å². The SMILES string of the molecule is CNS(=O)(=O)c1cc(C(=O)NC2CCCCCC2)ccc1Cl. The van der Waals surface area contributed by atoms with E-state index in [0.717, 1.165) is 25.7 Å². The van der Waals surface area contributed by atoms with Crippen molar-refractivity contribution in [2.45, 2.75) is 49.5 Å². The number of carbonyl (C=O) groups is 1. The summed E-state index contributed by atoms with van der Waals surface area (Å²) in [7, 11) is -2.38. The monoisotopic (exact) mass is 344 g/mol. The zero-order valence-electron chi connectivity index (χ0n) is 12.6. The molecule has 1 amide bonds. The van der Waals surface area contributed by atoms with Crippen LogP contribution in [0.4, 0.5) is 0 Å². The lowest BCUT2D eigenvalue weighted by Crippen LogP contribution is -2.34. The summed E-state index contributed by atoms with van der Waals surface area (Å²) in [5, 5.41) is 3.09. The van der Waals surface area contributed by atoms with E-state index in [1.54, 1.807) is 6.07 Å². The van der Waals surface area contributed by atoms with Crippen LogP contribution in [0.5, 0.6) is 0 Å². The van der Waals surface area contributed by atoms with Gasteiger partial charge in [-0.2, -0.15) is 0 Å². The Hall–Kier alpha value is -1.11. The molecule has 22 heavy (non-hydrogen) atoms. The standard InChI is InChI=1S/C15H21ClN2O3S/c1-17-22(20,21)14-10-11(8-9-13(14)16)15(19)18-12-6-4-2-3-5-7-12/h8-10,12,17H,2-7H2,1H3,(H,18,19). The molecule has 2 rings (SSSR count). The Bertz CT molecular complexity index is 638. The van der Waals surface area contributed by atoms with Gasteiger partial charge in [-0.05, 0) is 38.1 Å². The van der Waals surface area contributed by atoms with Gasteiger partial charge in [0.2, 0.25) is 10.0 Å². The molecule has 1 fully saturated rings. The molecule has 0 bridgehead atoms. The smallest absolute Gasteiger partial charge is 0.251 e. The summed E-state index contributed by atoms with van der Waals surface area (Å²) in [5.74, 6) is -0.254. The summed E-state index contributed by atoms with van der Waals surface area (Å²) in [4.78, 5) is 12.3. The van der Waals surface area contributed by atoms with Crippen molar-refractivity contribution >= 4 is 27.5 Å². The Labute approximate surface area is 136 Å². The number of sulfonamides is 1. The molecular weight excluding hydrogens is 324 g/mol. The summed E-state index contributed by atoms with van der Waals surface area (Å²) in [6, 6.07) is 4.46. The first-order valence-corrected chi connectivity index (χ1v) is 9.34. The van der Waals surface area contributed by atoms with Gasteiger partial charge in [-0.25, -0.2) is 13.1 Å². The second-order valence-corrected chi connectivity index (χ2v) is 7.78. The molecule has 2 N–H and O–H groups in total. The van der Waals surface area contributed by atoms with E-state index in [0.29, 0.717) is 5.56 Å². The highest BCUT2D eigenvalue weighted by atomic mass is 35.5. The summed E-state index contributed by atoms with van der Waals surface area (Å²) in [6.07, 6.45) is 6.59. The van der Waals surface area contributed by atoms with Crippen molar-refractivity contribution in [2.75, 3.05) is 7.05 Å². The second-order valence-electron chi connectivity index (χ2n) is 5.51. The molecule has 0 heterocycles.